The number of aromatic nitrogens is 1. The van der Waals surface area contributed by atoms with E-state index < -0.39 is 11.9 Å². The van der Waals surface area contributed by atoms with Gasteiger partial charge in [0, 0.05) is 5.38 Å². The molecule has 2 rings (SSSR count). The highest BCUT2D eigenvalue weighted by molar-refractivity contribution is 7.14. The molecule has 0 aliphatic heterocycles. The third-order valence-electron chi connectivity index (χ3n) is 3.02. The average Bonchev–Trinajstić information content (AvgIpc) is 3.12. The summed E-state index contributed by atoms with van der Waals surface area (Å²) in [4.78, 5) is 32.4. The number of rotatable bonds is 8. The van der Waals surface area contributed by atoms with Crippen LogP contribution in [0.5, 0.6) is 5.75 Å². The van der Waals surface area contributed by atoms with Gasteiger partial charge in [-0.2, -0.15) is 0 Å². The van der Waals surface area contributed by atoms with Crippen molar-refractivity contribution in [3.05, 3.63) is 40.9 Å². The van der Waals surface area contributed by atoms with E-state index in [1.54, 1.807) is 36.8 Å². The van der Waals surface area contributed by atoms with E-state index in [1.807, 2.05) is 0 Å². The summed E-state index contributed by atoms with van der Waals surface area (Å²) in [5.74, 6) is -0.601. The number of hydrogen-bond donors (Lipinski definition) is 1. The first-order valence-corrected chi connectivity index (χ1v) is 8.71. The Labute approximate surface area is 158 Å². The Morgan fingerprint density at radius 1 is 1.27 bits per heavy atom. The van der Waals surface area contributed by atoms with Crippen molar-refractivity contribution in [1.82, 2.24) is 4.98 Å². The van der Waals surface area contributed by atoms with Gasteiger partial charge in [-0.1, -0.05) is 17.3 Å². The normalized spacial score (nSPS) is 11.0. The number of thiazole rings is 1. The van der Waals surface area contributed by atoms with Gasteiger partial charge in [0.25, 0.3) is 0 Å². The average molecular weight is 398 g/mol. The zero-order valence-electron chi connectivity index (χ0n) is 14.0. The molecule has 1 amide bonds. The maximum absolute atomic E-state index is 12.3. The number of anilines is 1. The van der Waals surface area contributed by atoms with Crippen molar-refractivity contribution >= 4 is 45.7 Å². The predicted molar refractivity (Wildman–Crippen MR) is 97.8 cm³/mol. The number of methoxy groups -OCH3 is 1. The van der Waals surface area contributed by atoms with Gasteiger partial charge >= 0.3 is 5.97 Å². The first kappa shape index (κ1) is 19.7. The molecule has 1 N–H and O–H groups in total. The molecule has 26 heavy (non-hydrogen) atoms. The van der Waals surface area contributed by atoms with Crippen LogP contribution in [0.2, 0.25) is 0 Å². The number of benzene rings is 1. The number of esters is 1. The molecule has 1 aromatic carbocycles. The summed E-state index contributed by atoms with van der Waals surface area (Å²) in [5, 5.41) is 8.01. The summed E-state index contributed by atoms with van der Waals surface area (Å²) in [6, 6.07) is 7.09. The Kier molecular flexibility index (Phi) is 7.37. The van der Waals surface area contributed by atoms with Crippen LogP contribution in [0.4, 0.5) is 5.13 Å². The molecule has 0 fully saturated rings. The second kappa shape index (κ2) is 9.73. The molecule has 0 aliphatic rings. The first-order chi connectivity index (χ1) is 12.6. The van der Waals surface area contributed by atoms with E-state index in [4.69, 9.17) is 25.9 Å². The molecule has 0 saturated carbocycles. The van der Waals surface area contributed by atoms with Crippen LogP contribution in [0.3, 0.4) is 0 Å². The fourth-order valence-electron chi connectivity index (χ4n) is 1.81. The van der Waals surface area contributed by atoms with Crippen molar-refractivity contribution in [2.24, 2.45) is 5.16 Å². The van der Waals surface area contributed by atoms with Gasteiger partial charge in [0.1, 0.15) is 31.0 Å². The predicted octanol–water partition coefficient (Wildman–Crippen LogP) is 2.42. The molecule has 0 saturated heterocycles. The maximum atomic E-state index is 12.3. The van der Waals surface area contributed by atoms with Crippen molar-refractivity contribution in [1.29, 1.82) is 0 Å². The van der Waals surface area contributed by atoms with Gasteiger partial charge in [-0.25, -0.2) is 9.78 Å². The Bertz CT molecular complexity index is 791. The molecule has 0 aliphatic carbocycles. The number of oxime groups is 1. The molecule has 0 spiro atoms. The largest absolute Gasteiger partial charge is 0.497 e. The van der Waals surface area contributed by atoms with Crippen LogP contribution in [-0.2, 0) is 25.8 Å². The number of nitrogens with zero attached hydrogens (tertiary/aromatic N) is 2. The molecule has 0 radical (unpaired) electrons. The fourth-order valence-corrected chi connectivity index (χ4v) is 2.59. The molecule has 1 heterocycles. The lowest BCUT2D eigenvalue weighted by Crippen LogP contribution is -2.20. The first-order valence-electron chi connectivity index (χ1n) is 7.30. The van der Waals surface area contributed by atoms with Crippen LogP contribution in [0.25, 0.3) is 0 Å². The molecular formula is C16H16ClN3O5S. The number of halogens is 1. The van der Waals surface area contributed by atoms with Crippen molar-refractivity contribution in [3.63, 3.8) is 0 Å². The number of carbonyl (C=O) groups excluding carboxylic acids is 2. The van der Waals surface area contributed by atoms with Gasteiger partial charge in [0.2, 0.25) is 11.6 Å². The molecule has 10 heteroatoms. The number of carbonyl (C=O) groups is 2. The van der Waals surface area contributed by atoms with Crippen LogP contribution in [0.15, 0.2) is 34.8 Å². The molecule has 0 atom stereocenters. The SMILES string of the molecule is CON=C(C(=O)OCc1ccc(OC)cc1)c1csc(NC(=O)CCl)n1. The number of ether oxygens (including phenoxy) is 2. The summed E-state index contributed by atoms with van der Waals surface area (Å²) in [6.45, 7) is 0.0472. The summed E-state index contributed by atoms with van der Waals surface area (Å²) in [5.41, 5.74) is 0.898. The van der Waals surface area contributed by atoms with Gasteiger partial charge < -0.3 is 19.6 Å². The van der Waals surface area contributed by atoms with Crippen molar-refractivity contribution in [2.75, 3.05) is 25.4 Å². The van der Waals surface area contributed by atoms with Crippen molar-refractivity contribution < 1.29 is 23.9 Å². The zero-order chi connectivity index (χ0) is 18.9. The highest BCUT2D eigenvalue weighted by Crippen LogP contribution is 2.17. The van der Waals surface area contributed by atoms with E-state index in [0.717, 1.165) is 16.9 Å². The van der Waals surface area contributed by atoms with E-state index in [0.29, 0.717) is 5.75 Å². The van der Waals surface area contributed by atoms with Gasteiger partial charge in [-0.05, 0) is 17.7 Å². The minimum Gasteiger partial charge on any atom is -0.497 e. The van der Waals surface area contributed by atoms with Crippen LogP contribution in [0.1, 0.15) is 11.3 Å². The van der Waals surface area contributed by atoms with Gasteiger partial charge in [-0.3, -0.25) is 4.79 Å². The van der Waals surface area contributed by atoms with E-state index in [9.17, 15) is 9.59 Å². The minimum absolute atomic E-state index is 0.0472. The van der Waals surface area contributed by atoms with Crippen LogP contribution in [-0.4, -0.2) is 42.7 Å². The van der Waals surface area contributed by atoms with Gasteiger partial charge in [-0.15, -0.1) is 22.9 Å². The molecule has 8 nitrogen and oxygen atoms in total. The van der Waals surface area contributed by atoms with E-state index >= 15 is 0 Å². The molecule has 138 valence electrons. The topological polar surface area (TPSA) is 99.1 Å². The molecule has 0 unspecified atom stereocenters. The van der Waals surface area contributed by atoms with Gasteiger partial charge in [0.05, 0.1) is 7.11 Å². The van der Waals surface area contributed by atoms with E-state index in [1.165, 1.54) is 7.11 Å². The highest BCUT2D eigenvalue weighted by Gasteiger charge is 2.21. The second-order valence-electron chi connectivity index (χ2n) is 4.77. The lowest BCUT2D eigenvalue weighted by molar-refractivity contribution is -0.136. The van der Waals surface area contributed by atoms with Crippen molar-refractivity contribution in [3.8, 4) is 5.75 Å². The molecule has 2 aromatic rings. The molecule has 1 aromatic heterocycles. The summed E-state index contributed by atoms with van der Waals surface area (Å²) in [7, 11) is 2.87. The summed E-state index contributed by atoms with van der Waals surface area (Å²) < 4.78 is 10.3. The molecular weight excluding hydrogens is 382 g/mol. The summed E-state index contributed by atoms with van der Waals surface area (Å²) in [6.07, 6.45) is 0. The minimum atomic E-state index is -0.705. The number of amides is 1. The van der Waals surface area contributed by atoms with E-state index in [-0.39, 0.29) is 29.0 Å². The monoisotopic (exact) mass is 397 g/mol. The second-order valence-corrected chi connectivity index (χ2v) is 5.89. The zero-order valence-corrected chi connectivity index (χ0v) is 15.6. The van der Waals surface area contributed by atoms with E-state index in [2.05, 4.69) is 15.5 Å². The lowest BCUT2D eigenvalue weighted by atomic mass is 10.2. The highest BCUT2D eigenvalue weighted by atomic mass is 35.5. The third kappa shape index (κ3) is 5.43. The van der Waals surface area contributed by atoms with Crippen LogP contribution < -0.4 is 10.1 Å². The van der Waals surface area contributed by atoms with Crippen LogP contribution in [0, 0.1) is 0 Å². The number of nitrogens with one attached hydrogen (secondary N) is 1. The Hall–Kier alpha value is -2.65. The molecule has 0 bridgehead atoms. The Morgan fingerprint density at radius 2 is 2.00 bits per heavy atom. The number of alkyl halides is 1. The fraction of sp³-hybridized carbons (Fsp3) is 0.250. The Balaban J connectivity index is 2.05. The standard InChI is InChI=1S/C16H16ClN3O5S/c1-23-11-5-3-10(4-6-11)8-25-15(22)14(20-24-2)12-9-26-16(18-12)19-13(21)7-17/h3-6,9H,7-8H2,1-2H3,(H,18,19,21). The smallest absolute Gasteiger partial charge is 0.363 e. The third-order valence-corrected chi connectivity index (χ3v) is 4.02. The van der Waals surface area contributed by atoms with Crippen molar-refractivity contribution in [2.45, 2.75) is 6.61 Å². The maximum Gasteiger partial charge on any atom is 0.363 e. The van der Waals surface area contributed by atoms with Gasteiger partial charge in [0.15, 0.2) is 5.13 Å². The Morgan fingerprint density at radius 3 is 2.62 bits per heavy atom. The summed E-state index contributed by atoms with van der Waals surface area (Å²) >= 11 is 6.55. The quantitative estimate of drug-likeness (QED) is 0.318. The number of hydrogen-bond acceptors (Lipinski definition) is 8. The van der Waals surface area contributed by atoms with Crippen LogP contribution >= 0.6 is 22.9 Å². The lowest BCUT2D eigenvalue weighted by Gasteiger charge is -2.06.